The normalized spacial score (nSPS) is 17.4. The van der Waals surface area contributed by atoms with E-state index in [4.69, 9.17) is 9.52 Å². The van der Waals surface area contributed by atoms with E-state index < -0.39 is 5.97 Å². The van der Waals surface area contributed by atoms with Gasteiger partial charge in [-0.2, -0.15) is 0 Å². The van der Waals surface area contributed by atoms with Crippen LogP contribution in [-0.2, 0) is 11.2 Å². The summed E-state index contributed by atoms with van der Waals surface area (Å²) in [5.41, 5.74) is 0.929. The predicted octanol–water partition coefficient (Wildman–Crippen LogP) is 1.96. The smallest absolute Gasteiger partial charge is 0.312 e. The molecule has 4 heteroatoms. The first-order valence-electron chi connectivity index (χ1n) is 4.92. The third-order valence-corrected chi connectivity index (χ3v) is 2.65. The fourth-order valence-electron chi connectivity index (χ4n) is 1.94. The highest BCUT2D eigenvalue weighted by molar-refractivity contribution is 5.68. The molecule has 1 saturated carbocycles. The van der Waals surface area contributed by atoms with Gasteiger partial charge < -0.3 is 9.52 Å². The second-order valence-electron chi connectivity index (χ2n) is 3.72. The van der Waals surface area contributed by atoms with Crippen molar-refractivity contribution in [1.29, 1.82) is 0 Å². The lowest BCUT2D eigenvalue weighted by atomic mass is 10.1. The molecule has 1 aliphatic rings. The average molecular weight is 195 g/mol. The van der Waals surface area contributed by atoms with Gasteiger partial charge in [0.25, 0.3) is 0 Å². The highest BCUT2D eigenvalue weighted by atomic mass is 16.4. The summed E-state index contributed by atoms with van der Waals surface area (Å²) in [6.45, 7) is 0. The molecule has 1 aromatic heterocycles. The summed E-state index contributed by atoms with van der Waals surface area (Å²) in [5.74, 6) is -0.0921. The Hall–Kier alpha value is -1.32. The Labute approximate surface area is 81.9 Å². The van der Waals surface area contributed by atoms with E-state index in [-0.39, 0.29) is 6.42 Å². The molecule has 76 valence electrons. The third-order valence-electron chi connectivity index (χ3n) is 2.65. The number of oxazole rings is 1. The van der Waals surface area contributed by atoms with Crippen LogP contribution in [0.25, 0.3) is 0 Å². The summed E-state index contributed by atoms with van der Waals surface area (Å²) < 4.78 is 5.10. The van der Waals surface area contributed by atoms with Crippen molar-refractivity contribution in [3.05, 3.63) is 17.8 Å². The van der Waals surface area contributed by atoms with Crippen LogP contribution >= 0.6 is 0 Å². The second kappa shape index (κ2) is 3.82. The Morgan fingerprint density at radius 3 is 2.93 bits per heavy atom. The zero-order valence-electron chi connectivity index (χ0n) is 7.90. The average Bonchev–Trinajstić information content (AvgIpc) is 2.69. The van der Waals surface area contributed by atoms with Gasteiger partial charge in [0.1, 0.15) is 12.7 Å². The maximum atomic E-state index is 10.4. The Kier molecular flexibility index (Phi) is 2.52. The zero-order valence-corrected chi connectivity index (χ0v) is 7.90. The molecular weight excluding hydrogens is 182 g/mol. The molecule has 1 aromatic rings. The molecule has 14 heavy (non-hydrogen) atoms. The molecule has 0 aliphatic heterocycles. The topological polar surface area (TPSA) is 63.3 Å². The Morgan fingerprint density at radius 1 is 1.57 bits per heavy atom. The first kappa shape index (κ1) is 9.24. The van der Waals surface area contributed by atoms with Crippen LogP contribution in [0.3, 0.4) is 0 Å². The van der Waals surface area contributed by atoms with Crippen molar-refractivity contribution in [2.45, 2.75) is 38.0 Å². The molecule has 0 unspecified atom stereocenters. The number of rotatable bonds is 3. The SMILES string of the molecule is O=C(O)Cc1nc(C2CCCC2)co1. The van der Waals surface area contributed by atoms with Gasteiger partial charge in [0.2, 0.25) is 5.89 Å². The number of carbonyl (C=O) groups is 1. The number of aromatic nitrogens is 1. The number of carboxylic acid groups (broad SMARTS) is 1. The summed E-state index contributed by atoms with van der Waals surface area (Å²) in [6.07, 6.45) is 6.27. The van der Waals surface area contributed by atoms with Gasteiger partial charge in [0.05, 0.1) is 5.69 Å². The zero-order chi connectivity index (χ0) is 9.97. The number of nitrogens with zero attached hydrogens (tertiary/aromatic N) is 1. The summed E-state index contributed by atoms with van der Waals surface area (Å²) in [5, 5.41) is 8.54. The monoisotopic (exact) mass is 195 g/mol. The van der Waals surface area contributed by atoms with Crippen LogP contribution in [0.5, 0.6) is 0 Å². The highest BCUT2D eigenvalue weighted by Gasteiger charge is 2.20. The summed E-state index contributed by atoms with van der Waals surface area (Å²) in [4.78, 5) is 14.6. The molecule has 4 nitrogen and oxygen atoms in total. The molecule has 0 aromatic carbocycles. The molecule has 1 fully saturated rings. The van der Waals surface area contributed by atoms with Gasteiger partial charge >= 0.3 is 5.97 Å². The summed E-state index contributed by atoms with van der Waals surface area (Å²) in [7, 11) is 0. The molecule has 0 atom stereocenters. The Morgan fingerprint density at radius 2 is 2.29 bits per heavy atom. The standard InChI is InChI=1S/C10H13NO3/c12-10(13)5-9-11-8(6-14-9)7-3-1-2-4-7/h6-7H,1-5H2,(H,12,13). The van der Waals surface area contributed by atoms with E-state index in [0.29, 0.717) is 11.8 Å². The third kappa shape index (κ3) is 1.95. The van der Waals surface area contributed by atoms with Gasteiger partial charge in [0, 0.05) is 5.92 Å². The van der Waals surface area contributed by atoms with Crippen LogP contribution in [0, 0.1) is 0 Å². The molecule has 1 heterocycles. The number of hydrogen-bond acceptors (Lipinski definition) is 3. The highest BCUT2D eigenvalue weighted by Crippen LogP contribution is 2.33. The lowest BCUT2D eigenvalue weighted by Crippen LogP contribution is -2.01. The minimum atomic E-state index is -0.898. The van der Waals surface area contributed by atoms with Crippen molar-refractivity contribution in [3.8, 4) is 0 Å². The van der Waals surface area contributed by atoms with E-state index in [1.54, 1.807) is 6.26 Å². The Balaban J connectivity index is 2.05. The van der Waals surface area contributed by atoms with Gasteiger partial charge in [-0.05, 0) is 12.8 Å². The van der Waals surface area contributed by atoms with Crippen LogP contribution in [0.15, 0.2) is 10.7 Å². The van der Waals surface area contributed by atoms with Crippen molar-refractivity contribution in [2.75, 3.05) is 0 Å². The van der Waals surface area contributed by atoms with E-state index in [9.17, 15) is 4.79 Å². The van der Waals surface area contributed by atoms with E-state index >= 15 is 0 Å². The number of aliphatic carboxylic acids is 1. The lowest BCUT2D eigenvalue weighted by molar-refractivity contribution is -0.136. The van der Waals surface area contributed by atoms with Crippen molar-refractivity contribution in [3.63, 3.8) is 0 Å². The second-order valence-corrected chi connectivity index (χ2v) is 3.72. The largest absolute Gasteiger partial charge is 0.481 e. The molecule has 1 aliphatic carbocycles. The van der Waals surface area contributed by atoms with Crippen molar-refractivity contribution in [1.82, 2.24) is 4.98 Å². The Bertz CT molecular complexity index is 326. The molecule has 0 saturated heterocycles. The van der Waals surface area contributed by atoms with E-state index in [0.717, 1.165) is 18.5 Å². The van der Waals surface area contributed by atoms with E-state index in [1.165, 1.54) is 12.8 Å². The number of hydrogen-bond donors (Lipinski definition) is 1. The van der Waals surface area contributed by atoms with Gasteiger partial charge in [-0.15, -0.1) is 0 Å². The fourth-order valence-corrected chi connectivity index (χ4v) is 1.94. The van der Waals surface area contributed by atoms with Crippen LogP contribution in [0.2, 0.25) is 0 Å². The van der Waals surface area contributed by atoms with Crippen LogP contribution in [0.1, 0.15) is 43.2 Å². The van der Waals surface area contributed by atoms with Gasteiger partial charge in [-0.25, -0.2) is 4.98 Å². The first-order valence-corrected chi connectivity index (χ1v) is 4.92. The molecule has 0 spiro atoms. The molecule has 0 radical (unpaired) electrons. The summed E-state index contributed by atoms with van der Waals surface area (Å²) in [6, 6.07) is 0. The molecule has 0 bridgehead atoms. The molecule has 2 rings (SSSR count). The lowest BCUT2D eigenvalue weighted by Gasteiger charge is -2.01. The van der Waals surface area contributed by atoms with Gasteiger partial charge in [-0.3, -0.25) is 4.79 Å². The van der Waals surface area contributed by atoms with Crippen LogP contribution in [-0.4, -0.2) is 16.1 Å². The minimum absolute atomic E-state index is 0.118. The quantitative estimate of drug-likeness (QED) is 0.800. The predicted molar refractivity (Wildman–Crippen MR) is 49.1 cm³/mol. The van der Waals surface area contributed by atoms with Gasteiger partial charge in [0.15, 0.2) is 0 Å². The van der Waals surface area contributed by atoms with Crippen LogP contribution < -0.4 is 0 Å². The van der Waals surface area contributed by atoms with Crippen molar-refractivity contribution in [2.24, 2.45) is 0 Å². The molecular formula is C10H13NO3. The van der Waals surface area contributed by atoms with Crippen molar-refractivity contribution < 1.29 is 14.3 Å². The summed E-state index contributed by atoms with van der Waals surface area (Å²) >= 11 is 0. The number of carboxylic acids is 1. The van der Waals surface area contributed by atoms with E-state index in [1.807, 2.05) is 0 Å². The van der Waals surface area contributed by atoms with E-state index in [2.05, 4.69) is 4.98 Å². The fraction of sp³-hybridized carbons (Fsp3) is 0.600. The minimum Gasteiger partial charge on any atom is -0.481 e. The molecule has 0 amide bonds. The maximum absolute atomic E-state index is 10.4. The van der Waals surface area contributed by atoms with Crippen molar-refractivity contribution >= 4 is 5.97 Å². The first-order chi connectivity index (χ1) is 6.75. The molecule has 1 N–H and O–H groups in total. The van der Waals surface area contributed by atoms with Gasteiger partial charge in [-0.1, -0.05) is 12.8 Å². The maximum Gasteiger partial charge on any atom is 0.312 e. The van der Waals surface area contributed by atoms with Crippen LogP contribution in [0.4, 0.5) is 0 Å².